The second-order valence-corrected chi connectivity index (χ2v) is 4.40. The van der Waals surface area contributed by atoms with E-state index in [4.69, 9.17) is 0 Å². The summed E-state index contributed by atoms with van der Waals surface area (Å²) in [6, 6.07) is 8.06. The molecule has 0 aliphatic rings. The molecule has 7 heteroatoms. The molecule has 108 valence electrons. The zero-order chi connectivity index (χ0) is 15.4. The first kappa shape index (κ1) is 14.4. The molecule has 0 aliphatic carbocycles. The van der Waals surface area contributed by atoms with Gasteiger partial charge in [0.2, 0.25) is 0 Å². The van der Waals surface area contributed by atoms with Gasteiger partial charge in [0.25, 0.3) is 11.3 Å². The Morgan fingerprint density at radius 1 is 1.38 bits per heavy atom. The van der Waals surface area contributed by atoms with E-state index in [1.54, 1.807) is 31.3 Å². The molecular formula is C14H13N3O4. The lowest BCUT2D eigenvalue weighted by atomic mass is 10.1. The molecule has 0 spiro atoms. The Morgan fingerprint density at radius 2 is 2.14 bits per heavy atom. The second kappa shape index (κ2) is 6.00. The van der Waals surface area contributed by atoms with Crippen LogP contribution in [0.2, 0.25) is 0 Å². The summed E-state index contributed by atoms with van der Waals surface area (Å²) in [7, 11) is 1.54. The predicted molar refractivity (Wildman–Crippen MR) is 76.3 cm³/mol. The minimum atomic E-state index is -0.709. The number of hydrogen-bond donors (Lipinski definition) is 1. The van der Waals surface area contributed by atoms with Crippen molar-refractivity contribution in [3.05, 3.63) is 74.2 Å². The molecule has 1 heterocycles. The summed E-state index contributed by atoms with van der Waals surface area (Å²) in [6.07, 6.45) is 2.66. The monoisotopic (exact) mass is 287 g/mol. The van der Waals surface area contributed by atoms with Crippen molar-refractivity contribution < 1.29 is 9.72 Å². The number of nitrogens with zero attached hydrogens (tertiary/aromatic N) is 2. The molecule has 2 aromatic rings. The summed E-state index contributed by atoms with van der Waals surface area (Å²) in [5.41, 5.74) is 0.204. The molecule has 1 aromatic carbocycles. The number of carbonyl (C=O) groups is 1. The van der Waals surface area contributed by atoms with Crippen molar-refractivity contribution in [1.29, 1.82) is 0 Å². The van der Waals surface area contributed by atoms with Gasteiger partial charge in [-0.25, -0.2) is 0 Å². The number of hydrogen-bond acceptors (Lipinski definition) is 4. The van der Waals surface area contributed by atoms with Gasteiger partial charge in [-0.3, -0.25) is 19.7 Å². The van der Waals surface area contributed by atoms with Gasteiger partial charge in [0, 0.05) is 31.4 Å². The number of nitro groups is 1. The Morgan fingerprint density at radius 3 is 2.81 bits per heavy atom. The maximum absolute atomic E-state index is 11.6. The summed E-state index contributed by atoms with van der Waals surface area (Å²) in [4.78, 5) is 32.9. The summed E-state index contributed by atoms with van der Waals surface area (Å²) in [5.74, 6) is -0.206. The van der Waals surface area contributed by atoms with E-state index < -0.39 is 16.0 Å². The molecule has 0 bridgehead atoms. The van der Waals surface area contributed by atoms with Gasteiger partial charge in [-0.1, -0.05) is 12.1 Å². The van der Waals surface area contributed by atoms with E-state index in [0.29, 0.717) is 12.1 Å². The molecular weight excluding hydrogens is 274 g/mol. The van der Waals surface area contributed by atoms with Crippen LogP contribution in [-0.4, -0.2) is 22.4 Å². The van der Waals surface area contributed by atoms with E-state index in [1.807, 2.05) is 0 Å². The van der Waals surface area contributed by atoms with Crippen molar-refractivity contribution in [3.63, 3.8) is 0 Å². The van der Waals surface area contributed by atoms with Gasteiger partial charge in [-0.15, -0.1) is 0 Å². The first-order valence-corrected chi connectivity index (χ1v) is 6.17. The smallest absolute Gasteiger partial charge is 0.332 e. The lowest BCUT2D eigenvalue weighted by Crippen LogP contribution is -2.18. The normalized spacial score (nSPS) is 10.1. The molecule has 2 rings (SSSR count). The van der Waals surface area contributed by atoms with Crippen LogP contribution in [0.1, 0.15) is 15.9 Å². The van der Waals surface area contributed by atoms with Crippen molar-refractivity contribution in [3.8, 4) is 0 Å². The standard InChI is InChI=1S/C14H13N3O4/c1-15-14(19)11-4-2-3-10(7-11)8-16-6-5-13(18)12(9-16)17(20)21/h2-7,9H,8H2,1H3,(H,15,19). The Hall–Kier alpha value is -2.96. The Kier molecular flexibility index (Phi) is 4.13. The minimum Gasteiger partial charge on any atom is -0.355 e. The summed E-state index contributed by atoms with van der Waals surface area (Å²) < 4.78 is 1.53. The van der Waals surface area contributed by atoms with Crippen LogP contribution in [0.5, 0.6) is 0 Å². The fraction of sp³-hybridized carbons (Fsp3) is 0.143. The van der Waals surface area contributed by atoms with Gasteiger partial charge in [0.15, 0.2) is 0 Å². The molecule has 1 aromatic heterocycles. The van der Waals surface area contributed by atoms with Gasteiger partial charge in [0.05, 0.1) is 11.1 Å². The maximum Gasteiger partial charge on any atom is 0.332 e. The molecule has 0 saturated heterocycles. The largest absolute Gasteiger partial charge is 0.355 e. The zero-order valence-corrected chi connectivity index (χ0v) is 11.3. The third-order valence-corrected chi connectivity index (χ3v) is 2.94. The topological polar surface area (TPSA) is 94.2 Å². The van der Waals surface area contributed by atoms with Crippen LogP contribution in [0.15, 0.2) is 47.5 Å². The first-order chi connectivity index (χ1) is 10.0. The van der Waals surface area contributed by atoms with Crippen LogP contribution in [0.25, 0.3) is 0 Å². The Balaban J connectivity index is 2.30. The summed E-state index contributed by atoms with van der Waals surface area (Å²) in [5, 5.41) is 13.3. The lowest BCUT2D eigenvalue weighted by molar-refractivity contribution is -0.386. The zero-order valence-electron chi connectivity index (χ0n) is 11.3. The number of aromatic nitrogens is 1. The highest BCUT2D eigenvalue weighted by atomic mass is 16.6. The highest BCUT2D eigenvalue weighted by Crippen LogP contribution is 2.09. The Labute approximate surface area is 120 Å². The number of carbonyl (C=O) groups excluding carboxylic acids is 1. The van der Waals surface area contributed by atoms with E-state index in [2.05, 4.69) is 5.32 Å². The van der Waals surface area contributed by atoms with Crippen molar-refractivity contribution in [2.24, 2.45) is 0 Å². The molecule has 1 amide bonds. The summed E-state index contributed by atoms with van der Waals surface area (Å²) >= 11 is 0. The quantitative estimate of drug-likeness (QED) is 0.674. The van der Waals surface area contributed by atoms with Gasteiger partial charge in [-0.05, 0) is 17.7 Å². The predicted octanol–water partition coefficient (Wildman–Crippen LogP) is 1.16. The van der Waals surface area contributed by atoms with Crippen LogP contribution in [-0.2, 0) is 6.54 Å². The molecule has 0 aliphatic heterocycles. The molecule has 0 fully saturated rings. The molecule has 1 N–H and O–H groups in total. The molecule has 7 nitrogen and oxygen atoms in total. The highest BCUT2D eigenvalue weighted by molar-refractivity contribution is 5.94. The molecule has 21 heavy (non-hydrogen) atoms. The average Bonchev–Trinajstić information content (AvgIpc) is 2.48. The number of benzene rings is 1. The number of pyridine rings is 1. The van der Waals surface area contributed by atoms with Crippen molar-refractivity contribution in [1.82, 2.24) is 9.88 Å². The Bertz CT molecular complexity index is 752. The third kappa shape index (κ3) is 3.33. The highest BCUT2D eigenvalue weighted by Gasteiger charge is 2.12. The SMILES string of the molecule is CNC(=O)c1cccc(Cn2ccc(=O)c([N+](=O)[O-])c2)c1. The van der Waals surface area contributed by atoms with Gasteiger partial charge >= 0.3 is 5.69 Å². The third-order valence-electron chi connectivity index (χ3n) is 2.94. The van der Waals surface area contributed by atoms with Crippen LogP contribution in [0.4, 0.5) is 5.69 Å². The molecule has 0 radical (unpaired) electrons. The lowest BCUT2D eigenvalue weighted by Gasteiger charge is -2.07. The fourth-order valence-corrected chi connectivity index (χ4v) is 1.91. The van der Waals surface area contributed by atoms with Gasteiger partial charge in [0.1, 0.15) is 0 Å². The number of amides is 1. The number of nitrogens with one attached hydrogen (secondary N) is 1. The van der Waals surface area contributed by atoms with Gasteiger partial charge < -0.3 is 9.88 Å². The van der Waals surface area contributed by atoms with Crippen LogP contribution < -0.4 is 10.7 Å². The summed E-state index contributed by atoms with van der Waals surface area (Å²) in [6.45, 7) is 0.325. The van der Waals surface area contributed by atoms with E-state index in [0.717, 1.165) is 11.6 Å². The molecule has 0 saturated carbocycles. The van der Waals surface area contributed by atoms with E-state index >= 15 is 0 Å². The van der Waals surface area contributed by atoms with E-state index in [1.165, 1.54) is 17.0 Å². The second-order valence-electron chi connectivity index (χ2n) is 4.40. The van der Waals surface area contributed by atoms with E-state index in [9.17, 15) is 19.7 Å². The maximum atomic E-state index is 11.6. The average molecular weight is 287 g/mol. The van der Waals surface area contributed by atoms with Crippen molar-refractivity contribution in [2.45, 2.75) is 6.54 Å². The molecule has 0 unspecified atom stereocenters. The van der Waals surface area contributed by atoms with Crippen molar-refractivity contribution in [2.75, 3.05) is 7.05 Å². The van der Waals surface area contributed by atoms with Crippen LogP contribution >= 0.6 is 0 Å². The first-order valence-electron chi connectivity index (χ1n) is 6.17. The van der Waals surface area contributed by atoms with Crippen LogP contribution in [0, 0.1) is 10.1 Å². The van der Waals surface area contributed by atoms with E-state index in [-0.39, 0.29) is 5.91 Å². The van der Waals surface area contributed by atoms with Crippen LogP contribution in [0.3, 0.4) is 0 Å². The molecule has 0 atom stereocenters. The fourth-order valence-electron chi connectivity index (χ4n) is 1.91. The number of rotatable bonds is 4. The van der Waals surface area contributed by atoms with Gasteiger partial charge in [-0.2, -0.15) is 0 Å². The minimum absolute atomic E-state index is 0.206. The van der Waals surface area contributed by atoms with Crippen molar-refractivity contribution >= 4 is 11.6 Å².